The Morgan fingerprint density at radius 1 is 1.33 bits per heavy atom. The van der Waals surface area contributed by atoms with E-state index < -0.39 is 0 Å². The minimum Gasteiger partial charge on any atom is -0.356 e. The van der Waals surface area contributed by atoms with Crippen LogP contribution in [-0.2, 0) is 4.79 Å². The monoisotopic (exact) mass is 286 g/mol. The lowest BCUT2D eigenvalue weighted by Gasteiger charge is -2.39. The highest BCUT2D eigenvalue weighted by Crippen LogP contribution is 2.41. The van der Waals surface area contributed by atoms with Crippen LogP contribution in [0.5, 0.6) is 0 Å². The van der Waals surface area contributed by atoms with Crippen LogP contribution in [0.15, 0.2) is 47.2 Å². The third kappa shape index (κ3) is 2.63. The van der Waals surface area contributed by atoms with E-state index in [1.807, 2.05) is 6.92 Å². The second kappa shape index (κ2) is 5.45. The Labute approximate surface area is 123 Å². The van der Waals surface area contributed by atoms with Gasteiger partial charge in [-0.05, 0) is 62.2 Å². The van der Waals surface area contributed by atoms with Crippen LogP contribution < -0.4 is 10.6 Å². The van der Waals surface area contributed by atoms with Gasteiger partial charge in [-0.3, -0.25) is 0 Å². The molecular formula is C17H19FN2O. The summed E-state index contributed by atoms with van der Waals surface area (Å²) >= 11 is 0. The number of benzene rings is 1. The summed E-state index contributed by atoms with van der Waals surface area (Å²) in [7, 11) is 0. The number of carbonyl (C=O) groups excluding carboxylic acids is 1. The SMILES string of the molecule is CC1=C(Nc2ccc(F)cc2)C=C2CCNCC2(C=O)C1. The lowest BCUT2D eigenvalue weighted by molar-refractivity contribution is -0.114. The standard InChI is InChI=1S/C17H19FN2O/c1-12-9-17(11-21)10-19-7-6-13(17)8-16(12)20-15-4-2-14(18)3-5-15/h2-5,8,11,19-20H,6-7,9-10H2,1H3. The number of rotatable bonds is 3. The number of aldehydes is 1. The highest BCUT2D eigenvalue weighted by Gasteiger charge is 2.39. The highest BCUT2D eigenvalue weighted by molar-refractivity contribution is 5.70. The Balaban J connectivity index is 1.88. The minimum absolute atomic E-state index is 0.244. The van der Waals surface area contributed by atoms with Crippen molar-refractivity contribution in [2.75, 3.05) is 18.4 Å². The van der Waals surface area contributed by atoms with E-state index in [4.69, 9.17) is 0 Å². The quantitative estimate of drug-likeness (QED) is 0.839. The molecule has 21 heavy (non-hydrogen) atoms. The number of carbonyl (C=O) groups is 1. The lowest BCUT2D eigenvalue weighted by atomic mass is 9.70. The molecule has 2 aliphatic rings. The van der Waals surface area contributed by atoms with E-state index in [-0.39, 0.29) is 11.2 Å². The molecule has 1 atom stereocenters. The van der Waals surface area contributed by atoms with E-state index in [1.54, 1.807) is 12.1 Å². The van der Waals surface area contributed by atoms with Crippen LogP contribution in [0.3, 0.4) is 0 Å². The van der Waals surface area contributed by atoms with Gasteiger partial charge in [-0.25, -0.2) is 4.39 Å². The van der Waals surface area contributed by atoms with Crippen molar-refractivity contribution < 1.29 is 9.18 Å². The maximum absolute atomic E-state index is 13.0. The van der Waals surface area contributed by atoms with Crippen molar-refractivity contribution in [3.63, 3.8) is 0 Å². The van der Waals surface area contributed by atoms with Crippen LogP contribution in [0, 0.1) is 11.2 Å². The van der Waals surface area contributed by atoms with Crippen molar-refractivity contribution in [1.82, 2.24) is 5.32 Å². The molecule has 1 aromatic carbocycles. The predicted octanol–water partition coefficient (Wildman–Crippen LogP) is 3.02. The molecule has 110 valence electrons. The number of hydrogen-bond acceptors (Lipinski definition) is 3. The molecular weight excluding hydrogens is 267 g/mol. The molecule has 2 N–H and O–H groups in total. The van der Waals surface area contributed by atoms with Crippen molar-refractivity contribution in [1.29, 1.82) is 0 Å². The highest BCUT2D eigenvalue weighted by atomic mass is 19.1. The molecule has 0 spiro atoms. The van der Waals surface area contributed by atoms with E-state index in [0.717, 1.165) is 42.6 Å². The lowest BCUT2D eigenvalue weighted by Crippen LogP contribution is -2.44. The summed E-state index contributed by atoms with van der Waals surface area (Å²) in [6.45, 7) is 3.66. The number of halogens is 1. The summed E-state index contributed by atoms with van der Waals surface area (Å²) < 4.78 is 13.0. The number of fused-ring (bicyclic) bond motifs is 1. The minimum atomic E-state index is -0.379. The molecule has 1 fully saturated rings. The van der Waals surface area contributed by atoms with Gasteiger partial charge in [0.25, 0.3) is 0 Å². The smallest absolute Gasteiger partial charge is 0.131 e. The maximum atomic E-state index is 13.0. The first-order valence-corrected chi connectivity index (χ1v) is 7.23. The van der Waals surface area contributed by atoms with E-state index >= 15 is 0 Å². The number of piperidine rings is 1. The van der Waals surface area contributed by atoms with Gasteiger partial charge in [-0.15, -0.1) is 0 Å². The maximum Gasteiger partial charge on any atom is 0.131 e. The molecule has 3 nitrogen and oxygen atoms in total. The van der Waals surface area contributed by atoms with Gasteiger partial charge < -0.3 is 15.4 Å². The van der Waals surface area contributed by atoms with Gasteiger partial charge in [-0.1, -0.05) is 5.57 Å². The van der Waals surface area contributed by atoms with E-state index in [1.165, 1.54) is 17.7 Å². The third-order valence-electron chi connectivity index (χ3n) is 4.36. The summed E-state index contributed by atoms with van der Waals surface area (Å²) in [4.78, 5) is 11.6. The fourth-order valence-corrected chi connectivity index (χ4v) is 3.15. The second-order valence-corrected chi connectivity index (χ2v) is 5.87. The van der Waals surface area contributed by atoms with Gasteiger partial charge in [0.1, 0.15) is 12.1 Å². The zero-order chi connectivity index (χ0) is 14.9. The van der Waals surface area contributed by atoms with Gasteiger partial charge in [0.15, 0.2) is 0 Å². The first-order valence-electron chi connectivity index (χ1n) is 7.23. The predicted molar refractivity (Wildman–Crippen MR) is 81.4 cm³/mol. The fraction of sp³-hybridized carbons (Fsp3) is 0.353. The molecule has 0 amide bonds. The van der Waals surface area contributed by atoms with Crippen molar-refractivity contribution in [2.45, 2.75) is 19.8 Å². The molecule has 0 radical (unpaired) electrons. The van der Waals surface area contributed by atoms with Crippen LogP contribution in [0.2, 0.25) is 0 Å². The molecule has 1 aliphatic heterocycles. The number of nitrogens with one attached hydrogen (secondary N) is 2. The van der Waals surface area contributed by atoms with Gasteiger partial charge in [0, 0.05) is 17.9 Å². The van der Waals surface area contributed by atoms with Gasteiger partial charge in [0.2, 0.25) is 0 Å². The van der Waals surface area contributed by atoms with E-state index in [9.17, 15) is 9.18 Å². The van der Waals surface area contributed by atoms with Crippen molar-refractivity contribution in [3.05, 3.63) is 53.0 Å². The molecule has 0 aromatic heterocycles. The fourth-order valence-electron chi connectivity index (χ4n) is 3.15. The molecule has 0 saturated carbocycles. The Bertz CT molecular complexity index is 618. The Kier molecular flexibility index (Phi) is 3.64. The van der Waals surface area contributed by atoms with E-state index in [2.05, 4.69) is 16.7 Å². The van der Waals surface area contributed by atoms with Crippen LogP contribution in [0.1, 0.15) is 19.8 Å². The van der Waals surface area contributed by atoms with Crippen LogP contribution in [0.4, 0.5) is 10.1 Å². The largest absolute Gasteiger partial charge is 0.356 e. The summed E-state index contributed by atoms with van der Waals surface area (Å²) in [6, 6.07) is 6.32. The Morgan fingerprint density at radius 2 is 2.10 bits per heavy atom. The number of allylic oxidation sites excluding steroid dienone is 2. The normalized spacial score (nSPS) is 25.1. The number of hydrogen-bond donors (Lipinski definition) is 2. The van der Waals surface area contributed by atoms with E-state index in [0.29, 0.717) is 6.54 Å². The molecule has 1 aliphatic carbocycles. The summed E-state index contributed by atoms with van der Waals surface area (Å²) in [6.07, 6.45) is 4.81. The molecule has 1 unspecified atom stereocenters. The van der Waals surface area contributed by atoms with Crippen molar-refractivity contribution in [2.24, 2.45) is 5.41 Å². The van der Waals surface area contributed by atoms with Crippen molar-refractivity contribution >= 4 is 12.0 Å². The first kappa shape index (κ1) is 14.0. The average Bonchev–Trinajstić information content (AvgIpc) is 2.50. The third-order valence-corrected chi connectivity index (χ3v) is 4.36. The first-order chi connectivity index (χ1) is 10.1. The second-order valence-electron chi connectivity index (χ2n) is 5.87. The summed E-state index contributed by atoms with van der Waals surface area (Å²) in [5.41, 5.74) is 3.84. The topological polar surface area (TPSA) is 41.1 Å². The van der Waals surface area contributed by atoms with Crippen LogP contribution in [-0.4, -0.2) is 19.4 Å². The molecule has 1 heterocycles. The Hall–Kier alpha value is -1.94. The Morgan fingerprint density at radius 3 is 2.81 bits per heavy atom. The molecule has 3 rings (SSSR count). The zero-order valence-corrected chi connectivity index (χ0v) is 12.1. The average molecular weight is 286 g/mol. The number of anilines is 1. The van der Waals surface area contributed by atoms with Gasteiger partial charge >= 0.3 is 0 Å². The zero-order valence-electron chi connectivity index (χ0n) is 12.1. The molecule has 0 bridgehead atoms. The van der Waals surface area contributed by atoms with Crippen LogP contribution >= 0.6 is 0 Å². The summed E-state index contributed by atoms with van der Waals surface area (Å²) in [5.74, 6) is -0.244. The molecule has 4 heteroatoms. The van der Waals surface area contributed by atoms with Crippen LogP contribution in [0.25, 0.3) is 0 Å². The summed E-state index contributed by atoms with van der Waals surface area (Å²) in [5, 5.41) is 6.64. The van der Waals surface area contributed by atoms with Gasteiger partial charge in [0.05, 0.1) is 5.41 Å². The molecule has 1 aromatic rings. The van der Waals surface area contributed by atoms with Crippen molar-refractivity contribution in [3.8, 4) is 0 Å². The van der Waals surface area contributed by atoms with Gasteiger partial charge in [-0.2, -0.15) is 0 Å². The molecule has 1 saturated heterocycles.